The summed E-state index contributed by atoms with van der Waals surface area (Å²) in [6.07, 6.45) is 1.76. The second-order valence-corrected chi connectivity index (χ2v) is 9.59. The molecule has 7 nitrogen and oxygen atoms in total. The summed E-state index contributed by atoms with van der Waals surface area (Å²) in [7, 11) is 1.56. The Balaban J connectivity index is 1.68. The number of rotatable bonds is 6. The number of ether oxygens (including phenoxy) is 1. The number of amides is 1. The van der Waals surface area contributed by atoms with E-state index < -0.39 is 0 Å². The molecule has 4 aromatic rings. The molecular weight excluding hydrogens is 501 g/mol. The predicted octanol–water partition coefficient (Wildman–Crippen LogP) is 5.77. The van der Waals surface area contributed by atoms with Gasteiger partial charge in [-0.15, -0.1) is 0 Å². The molecule has 1 aliphatic rings. The molecule has 0 spiro atoms. The maximum Gasteiger partial charge on any atom is 0.221 e. The molecule has 0 bridgehead atoms. The van der Waals surface area contributed by atoms with Crippen LogP contribution in [0.2, 0.25) is 0 Å². The van der Waals surface area contributed by atoms with Gasteiger partial charge in [-0.2, -0.15) is 0 Å². The van der Waals surface area contributed by atoms with Crippen molar-refractivity contribution in [3.63, 3.8) is 0 Å². The minimum Gasteiger partial charge on any atom is -0.495 e. The monoisotopic (exact) mass is 529 g/mol. The Hall–Kier alpha value is -4.24. The number of methoxy groups -OCH3 is 1. The van der Waals surface area contributed by atoms with Gasteiger partial charge in [-0.05, 0) is 86.2 Å². The zero-order valence-electron chi connectivity index (χ0n) is 21.5. The number of anilines is 2. The quantitative estimate of drug-likeness (QED) is 0.309. The molecule has 2 aromatic carbocycles. The number of hydrogen-bond acceptors (Lipinski definition) is 4. The molecule has 2 atom stereocenters. The molecule has 2 aromatic heterocycles. The van der Waals surface area contributed by atoms with Gasteiger partial charge < -0.3 is 24.8 Å². The molecule has 5 rings (SSSR count). The zero-order chi connectivity index (χ0) is 27.0. The molecule has 38 heavy (non-hydrogen) atoms. The Bertz CT molecular complexity index is 1520. The van der Waals surface area contributed by atoms with Gasteiger partial charge in [0.15, 0.2) is 5.11 Å². The van der Waals surface area contributed by atoms with Gasteiger partial charge in [0, 0.05) is 35.9 Å². The van der Waals surface area contributed by atoms with Crippen molar-refractivity contribution in [1.82, 2.24) is 14.9 Å². The van der Waals surface area contributed by atoms with Crippen molar-refractivity contribution >= 4 is 34.6 Å². The van der Waals surface area contributed by atoms with E-state index in [2.05, 4.69) is 21.7 Å². The van der Waals surface area contributed by atoms with Crippen molar-refractivity contribution in [2.75, 3.05) is 17.3 Å². The number of halogens is 1. The van der Waals surface area contributed by atoms with E-state index in [0.717, 1.165) is 34.0 Å². The molecule has 9 heteroatoms. The van der Waals surface area contributed by atoms with Crippen LogP contribution in [0.3, 0.4) is 0 Å². The third-order valence-electron chi connectivity index (χ3n) is 6.73. The van der Waals surface area contributed by atoms with Gasteiger partial charge in [0.25, 0.3) is 0 Å². The van der Waals surface area contributed by atoms with E-state index in [0.29, 0.717) is 16.5 Å². The molecule has 3 heterocycles. The van der Waals surface area contributed by atoms with Crippen LogP contribution in [0.5, 0.6) is 5.75 Å². The Morgan fingerprint density at radius 3 is 2.58 bits per heavy atom. The van der Waals surface area contributed by atoms with Gasteiger partial charge in [-0.3, -0.25) is 9.78 Å². The Labute approximate surface area is 226 Å². The van der Waals surface area contributed by atoms with E-state index in [1.807, 2.05) is 65.8 Å². The molecule has 194 valence electrons. The van der Waals surface area contributed by atoms with Crippen LogP contribution in [0.4, 0.5) is 15.8 Å². The first-order valence-electron chi connectivity index (χ1n) is 12.2. The van der Waals surface area contributed by atoms with Crippen LogP contribution in [0, 0.1) is 19.7 Å². The third-order valence-corrected chi connectivity index (χ3v) is 7.04. The summed E-state index contributed by atoms with van der Waals surface area (Å²) in [5, 5.41) is 6.84. The Morgan fingerprint density at radius 2 is 1.89 bits per heavy atom. The highest BCUT2D eigenvalue weighted by Gasteiger charge is 2.42. The minimum absolute atomic E-state index is 0.205. The van der Waals surface area contributed by atoms with E-state index in [4.69, 9.17) is 17.0 Å². The summed E-state index contributed by atoms with van der Waals surface area (Å²) in [5.41, 5.74) is 5.87. The van der Waals surface area contributed by atoms with Crippen LogP contribution in [-0.2, 0) is 4.79 Å². The number of aromatic nitrogens is 2. The first kappa shape index (κ1) is 25.4. The molecule has 2 N–H and O–H groups in total. The third kappa shape index (κ3) is 4.61. The Kier molecular flexibility index (Phi) is 6.86. The fraction of sp³-hybridized carbons (Fsp3) is 0.207. The summed E-state index contributed by atoms with van der Waals surface area (Å²) in [5.74, 6) is 0.0465. The van der Waals surface area contributed by atoms with Gasteiger partial charge in [0.1, 0.15) is 11.6 Å². The number of carbonyl (C=O) groups excluding carboxylic acids is 1. The fourth-order valence-electron chi connectivity index (χ4n) is 5.18. The molecule has 1 aliphatic heterocycles. The van der Waals surface area contributed by atoms with E-state index in [-0.39, 0.29) is 23.8 Å². The second-order valence-electron chi connectivity index (χ2n) is 9.20. The zero-order valence-corrected chi connectivity index (χ0v) is 22.3. The van der Waals surface area contributed by atoms with Crippen LogP contribution in [0.1, 0.15) is 41.7 Å². The fourth-order valence-corrected chi connectivity index (χ4v) is 5.53. The number of thiocarbonyl (C=S) groups is 1. The van der Waals surface area contributed by atoms with E-state index >= 15 is 0 Å². The number of benzene rings is 2. The molecular formula is C29H28FN5O2S. The topological polar surface area (TPSA) is 71.4 Å². The lowest BCUT2D eigenvalue weighted by Crippen LogP contribution is -2.29. The summed E-state index contributed by atoms with van der Waals surface area (Å²) >= 11 is 5.87. The molecule has 0 radical (unpaired) electrons. The summed E-state index contributed by atoms with van der Waals surface area (Å²) in [6.45, 7) is 5.48. The highest BCUT2D eigenvalue weighted by atomic mass is 32.1. The van der Waals surface area contributed by atoms with Crippen LogP contribution in [0.15, 0.2) is 72.9 Å². The molecule has 0 aliphatic carbocycles. The largest absolute Gasteiger partial charge is 0.495 e. The van der Waals surface area contributed by atoms with Gasteiger partial charge in [0.05, 0.1) is 30.6 Å². The first-order valence-corrected chi connectivity index (χ1v) is 12.6. The van der Waals surface area contributed by atoms with Crippen molar-refractivity contribution in [2.24, 2.45) is 0 Å². The number of carbonyl (C=O) groups is 1. The van der Waals surface area contributed by atoms with Crippen LogP contribution >= 0.6 is 12.2 Å². The van der Waals surface area contributed by atoms with E-state index in [1.54, 1.807) is 19.4 Å². The highest BCUT2D eigenvalue weighted by molar-refractivity contribution is 7.80. The number of aryl methyl sites for hydroxylation is 1. The maximum atomic E-state index is 14.1. The number of pyridine rings is 1. The number of nitrogens with zero attached hydrogens (tertiary/aromatic N) is 3. The van der Waals surface area contributed by atoms with Crippen molar-refractivity contribution in [1.29, 1.82) is 0 Å². The summed E-state index contributed by atoms with van der Waals surface area (Å²) < 4.78 is 21.6. The van der Waals surface area contributed by atoms with Crippen LogP contribution in [0.25, 0.3) is 5.69 Å². The summed E-state index contributed by atoms with van der Waals surface area (Å²) in [4.78, 5) is 18.6. The highest BCUT2D eigenvalue weighted by Crippen LogP contribution is 2.45. The van der Waals surface area contributed by atoms with Gasteiger partial charge in [-0.25, -0.2) is 4.39 Å². The lowest BCUT2D eigenvalue weighted by Gasteiger charge is -2.29. The summed E-state index contributed by atoms with van der Waals surface area (Å²) in [6, 6.07) is 19.5. The average molecular weight is 530 g/mol. The average Bonchev–Trinajstić information content (AvgIpc) is 3.39. The first-order chi connectivity index (χ1) is 18.3. The van der Waals surface area contributed by atoms with Crippen molar-refractivity contribution in [2.45, 2.75) is 32.9 Å². The standard InChI is InChI=1S/C29H28FN5O2S/c1-17-14-23(18(2)34(17)21-9-7-8-20(30)15-21)28-27(24-10-5-6-13-31-24)33-29(38)35(28)22-11-12-26(37-4)25(16-22)32-19(3)36/h5-16,27-28H,1-4H3,(H,32,36)(H,33,38)/t27-,28-/m0/s1. The van der Waals surface area contributed by atoms with Crippen molar-refractivity contribution in [3.8, 4) is 11.4 Å². The molecule has 1 amide bonds. The second kappa shape index (κ2) is 10.3. The molecule has 0 saturated carbocycles. The van der Waals surface area contributed by atoms with Gasteiger partial charge >= 0.3 is 0 Å². The van der Waals surface area contributed by atoms with Crippen molar-refractivity contribution in [3.05, 3.63) is 101 Å². The predicted molar refractivity (Wildman–Crippen MR) is 150 cm³/mol. The lowest BCUT2D eigenvalue weighted by molar-refractivity contribution is -0.114. The van der Waals surface area contributed by atoms with Gasteiger partial charge in [0.2, 0.25) is 5.91 Å². The number of hydrogen-bond donors (Lipinski definition) is 2. The molecule has 1 fully saturated rings. The Morgan fingerprint density at radius 1 is 1.08 bits per heavy atom. The lowest BCUT2D eigenvalue weighted by atomic mass is 9.96. The van der Waals surface area contributed by atoms with E-state index in [9.17, 15) is 9.18 Å². The van der Waals surface area contributed by atoms with Crippen molar-refractivity contribution < 1.29 is 13.9 Å². The maximum absolute atomic E-state index is 14.1. The number of nitrogens with one attached hydrogen (secondary N) is 2. The minimum atomic E-state index is -0.294. The van der Waals surface area contributed by atoms with E-state index in [1.165, 1.54) is 19.1 Å². The van der Waals surface area contributed by atoms with Crippen LogP contribution in [-0.4, -0.2) is 27.7 Å². The van der Waals surface area contributed by atoms with Crippen LogP contribution < -0.4 is 20.3 Å². The SMILES string of the molecule is COc1ccc(N2C(=S)N[C@@H](c3ccccn3)[C@@H]2c2cc(C)n(-c3cccc(F)c3)c2C)cc1NC(C)=O. The smallest absolute Gasteiger partial charge is 0.221 e. The molecule has 0 unspecified atom stereocenters. The normalized spacial score (nSPS) is 16.9. The molecule has 1 saturated heterocycles. The van der Waals surface area contributed by atoms with Gasteiger partial charge in [-0.1, -0.05) is 12.1 Å².